The lowest BCUT2D eigenvalue weighted by Gasteiger charge is -2.08. The van der Waals surface area contributed by atoms with Crippen molar-refractivity contribution in [2.45, 2.75) is 20.3 Å². The van der Waals surface area contributed by atoms with E-state index >= 15 is 0 Å². The molecule has 1 aromatic rings. The van der Waals surface area contributed by atoms with Gasteiger partial charge in [0.05, 0.1) is 12.4 Å². The standard InChI is InChI=1S/C10H18ClN5O3S/c1-3-6-19-10-15-8(11)14-9(16-10)12-5-7-20(17,18)13-4-2/h13H,3-7H2,1-2H3,(H,12,14,15,16). The number of anilines is 1. The van der Waals surface area contributed by atoms with Gasteiger partial charge in [-0.3, -0.25) is 0 Å². The van der Waals surface area contributed by atoms with Crippen LogP contribution in [-0.2, 0) is 10.0 Å². The van der Waals surface area contributed by atoms with Crippen LogP contribution in [0.5, 0.6) is 6.01 Å². The number of nitrogens with zero attached hydrogens (tertiary/aromatic N) is 3. The third-order valence-corrected chi connectivity index (χ3v) is 3.68. The van der Waals surface area contributed by atoms with Gasteiger partial charge in [0.2, 0.25) is 21.3 Å². The molecular weight excluding hydrogens is 306 g/mol. The van der Waals surface area contributed by atoms with E-state index in [1.54, 1.807) is 6.92 Å². The molecule has 0 unspecified atom stereocenters. The number of hydrogen-bond donors (Lipinski definition) is 2. The lowest BCUT2D eigenvalue weighted by Crippen LogP contribution is -2.29. The van der Waals surface area contributed by atoms with Gasteiger partial charge in [-0.1, -0.05) is 13.8 Å². The summed E-state index contributed by atoms with van der Waals surface area (Å²) in [6.45, 7) is 4.65. The van der Waals surface area contributed by atoms with Crippen LogP contribution in [0.3, 0.4) is 0 Å². The molecule has 8 nitrogen and oxygen atoms in total. The Balaban J connectivity index is 2.57. The van der Waals surface area contributed by atoms with Crippen LogP contribution >= 0.6 is 11.6 Å². The molecule has 10 heteroatoms. The molecule has 1 heterocycles. The molecule has 0 amide bonds. The molecule has 2 N–H and O–H groups in total. The smallest absolute Gasteiger partial charge is 0.322 e. The lowest BCUT2D eigenvalue weighted by atomic mass is 10.5. The number of halogens is 1. The number of nitrogens with one attached hydrogen (secondary N) is 2. The highest BCUT2D eigenvalue weighted by Gasteiger charge is 2.10. The fraction of sp³-hybridized carbons (Fsp3) is 0.700. The number of sulfonamides is 1. The summed E-state index contributed by atoms with van der Waals surface area (Å²) in [6.07, 6.45) is 0.812. The van der Waals surface area contributed by atoms with Gasteiger partial charge in [0, 0.05) is 13.1 Å². The van der Waals surface area contributed by atoms with Crippen molar-refractivity contribution in [3.05, 3.63) is 5.28 Å². The van der Waals surface area contributed by atoms with Crippen LogP contribution in [-0.4, -0.2) is 48.8 Å². The van der Waals surface area contributed by atoms with Crippen LogP contribution in [0.1, 0.15) is 20.3 Å². The topological polar surface area (TPSA) is 106 Å². The second-order valence-corrected chi connectivity index (χ2v) is 6.07. The molecule has 0 bridgehead atoms. The van der Waals surface area contributed by atoms with Gasteiger partial charge in [-0.25, -0.2) is 13.1 Å². The van der Waals surface area contributed by atoms with Crippen LogP contribution in [0.2, 0.25) is 5.28 Å². The van der Waals surface area contributed by atoms with Crippen LogP contribution in [0, 0.1) is 0 Å². The zero-order valence-corrected chi connectivity index (χ0v) is 13.0. The Bertz CT molecular complexity index is 526. The fourth-order valence-corrected chi connectivity index (χ4v) is 2.37. The third-order valence-electron chi connectivity index (χ3n) is 2.04. The van der Waals surface area contributed by atoms with E-state index in [0.29, 0.717) is 13.2 Å². The summed E-state index contributed by atoms with van der Waals surface area (Å²) < 4.78 is 30.5. The predicted molar refractivity (Wildman–Crippen MR) is 76.6 cm³/mol. The Morgan fingerprint density at radius 1 is 1.25 bits per heavy atom. The zero-order chi connectivity index (χ0) is 15.0. The quantitative estimate of drug-likeness (QED) is 0.687. The summed E-state index contributed by atoms with van der Waals surface area (Å²) in [5.41, 5.74) is 0. The highest BCUT2D eigenvalue weighted by atomic mass is 35.5. The van der Waals surface area contributed by atoms with Gasteiger partial charge in [0.15, 0.2) is 0 Å². The van der Waals surface area contributed by atoms with Crippen LogP contribution in [0.4, 0.5) is 5.95 Å². The van der Waals surface area contributed by atoms with Crippen LogP contribution < -0.4 is 14.8 Å². The van der Waals surface area contributed by atoms with Crippen molar-refractivity contribution < 1.29 is 13.2 Å². The van der Waals surface area contributed by atoms with Crippen LogP contribution in [0.25, 0.3) is 0 Å². The minimum absolute atomic E-state index is 0.0110. The molecule has 0 aliphatic rings. The van der Waals surface area contributed by atoms with Gasteiger partial charge in [-0.15, -0.1) is 0 Å². The number of hydrogen-bond acceptors (Lipinski definition) is 7. The highest BCUT2D eigenvalue weighted by molar-refractivity contribution is 7.89. The summed E-state index contributed by atoms with van der Waals surface area (Å²) in [5.74, 6) is 0.0951. The molecule has 114 valence electrons. The summed E-state index contributed by atoms with van der Waals surface area (Å²) in [4.78, 5) is 11.6. The number of rotatable bonds is 9. The SMILES string of the molecule is CCCOc1nc(Cl)nc(NCCS(=O)(=O)NCC)n1. The zero-order valence-electron chi connectivity index (χ0n) is 11.4. The molecule has 1 rings (SSSR count). The number of ether oxygens (including phenoxy) is 1. The Kier molecular flexibility index (Phi) is 6.89. The van der Waals surface area contributed by atoms with E-state index in [1.807, 2.05) is 6.92 Å². The minimum Gasteiger partial charge on any atom is -0.463 e. The third kappa shape index (κ3) is 6.31. The average molecular weight is 324 g/mol. The number of aromatic nitrogens is 3. The van der Waals surface area contributed by atoms with E-state index < -0.39 is 10.0 Å². The first-order valence-corrected chi connectivity index (χ1v) is 8.25. The molecule has 0 saturated heterocycles. The normalized spacial score (nSPS) is 11.3. The molecule has 20 heavy (non-hydrogen) atoms. The average Bonchev–Trinajstić information content (AvgIpc) is 2.35. The van der Waals surface area contributed by atoms with E-state index in [4.69, 9.17) is 16.3 Å². The molecule has 1 aromatic heterocycles. The van der Waals surface area contributed by atoms with Gasteiger partial charge in [-0.05, 0) is 18.0 Å². The first-order chi connectivity index (χ1) is 9.46. The maximum atomic E-state index is 11.4. The van der Waals surface area contributed by atoms with Gasteiger partial charge in [0.25, 0.3) is 0 Å². The predicted octanol–water partition coefficient (Wildman–Crippen LogP) is 0.665. The monoisotopic (exact) mass is 323 g/mol. The van der Waals surface area contributed by atoms with E-state index in [0.717, 1.165) is 6.42 Å². The van der Waals surface area contributed by atoms with E-state index in [1.165, 1.54) is 0 Å². The first kappa shape index (κ1) is 16.9. The van der Waals surface area contributed by atoms with Crippen molar-refractivity contribution in [1.82, 2.24) is 19.7 Å². The molecule has 0 spiro atoms. The second-order valence-electron chi connectivity index (χ2n) is 3.80. The van der Waals surface area contributed by atoms with Gasteiger partial charge in [0.1, 0.15) is 0 Å². The first-order valence-electron chi connectivity index (χ1n) is 6.22. The summed E-state index contributed by atoms with van der Waals surface area (Å²) in [7, 11) is -3.28. The van der Waals surface area contributed by atoms with Crippen molar-refractivity contribution in [1.29, 1.82) is 0 Å². The van der Waals surface area contributed by atoms with Crippen molar-refractivity contribution >= 4 is 27.6 Å². The molecule has 0 aliphatic carbocycles. The van der Waals surface area contributed by atoms with E-state index in [9.17, 15) is 8.42 Å². The van der Waals surface area contributed by atoms with E-state index in [-0.39, 0.29) is 29.5 Å². The summed E-state index contributed by atoms with van der Waals surface area (Å²) >= 11 is 5.73. The molecule has 0 fully saturated rings. The Morgan fingerprint density at radius 3 is 2.65 bits per heavy atom. The van der Waals surface area contributed by atoms with Crippen molar-refractivity contribution in [3.8, 4) is 6.01 Å². The highest BCUT2D eigenvalue weighted by Crippen LogP contribution is 2.11. The Hall–Kier alpha value is -1.19. The molecule has 0 saturated carbocycles. The van der Waals surface area contributed by atoms with Gasteiger partial charge < -0.3 is 10.1 Å². The molecule has 0 aromatic carbocycles. The van der Waals surface area contributed by atoms with Gasteiger partial charge in [-0.2, -0.15) is 15.0 Å². The van der Waals surface area contributed by atoms with Crippen LogP contribution in [0.15, 0.2) is 0 Å². The van der Waals surface area contributed by atoms with Gasteiger partial charge >= 0.3 is 6.01 Å². The maximum Gasteiger partial charge on any atom is 0.322 e. The summed E-state index contributed by atoms with van der Waals surface area (Å²) in [6, 6.07) is 0.115. The van der Waals surface area contributed by atoms with Crippen molar-refractivity contribution in [2.75, 3.05) is 30.8 Å². The Labute approximate surface area is 123 Å². The maximum absolute atomic E-state index is 11.4. The Morgan fingerprint density at radius 2 is 2.00 bits per heavy atom. The largest absolute Gasteiger partial charge is 0.463 e. The lowest BCUT2D eigenvalue weighted by molar-refractivity contribution is 0.291. The van der Waals surface area contributed by atoms with Crippen molar-refractivity contribution in [3.63, 3.8) is 0 Å². The molecule has 0 atom stereocenters. The molecule has 0 aliphatic heterocycles. The summed E-state index contributed by atoms with van der Waals surface area (Å²) in [5, 5.41) is 2.76. The molecule has 0 radical (unpaired) electrons. The second kappa shape index (κ2) is 8.18. The molecular formula is C10H18ClN5O3S. The van der Waals surface area contributed by atoms with Crippen molar-refractivity contribution in [2.24, 2.45) is 0 Å². The fourth-order valence-electron chi connectivity index (χ4n) is 1.26. The minimum atomic E-state index is -3.28. The van der Waals surface area contributed by atoms with E-state index in [2.05, 4.69) is 25.0 Å².